The molecule has 0 aliphatic rings. The Morgan fingerprint density at radius 2 is 2.29 bits per heavy atom. The van der Waals surface area contributed by atoms with Crippen LogP contribution in [0.1, 0.15) is 12.0 Å². The van der Waals surface area contributed by atoms with Crippen LogP contribution < -0.4 is 11.1 Å². The minimum Gasteiger partial charge on any atom is -0.324 e. The van der Waals surface area contributed by atoms with Gasteiger partial charge in [-0.05, 0) is 43.0 Å². The molecule has 0 aromatic heterocycles. The van der Waals surface area contributed by atoms with Crippen molar-refractivity contribution in [3.63, 3.8) is 0 Å². The normalized spacial score (nSPS) is 12.2. The Hall–Kier alpha value is -0.710. The number of carbonyl (C=O) groups is 1. The number of aryl methyl sites for hydroxylation is 1. The van der Waals surface area contributed by atoms with E-state index in [4.69, 9.17) is 17.3 Å². The zero-order valence-corrected chi connectivity index (χ0v) is 11.6. The minimum absolute atomic E-state index is 0.163. The van der Waals surface area contributed by atoms with Crippen molar-refractivity contribution in [2.75, 3.05) is 17.3 Å². The summed E-state index contributed by atoms with van der Waals surface area (Å²) in [5.41, 5.74) is 7.48. The summed E-state index contributed by atoms with van der Waals surface area (Å²) in [5, 5.41) is 3.40. The van der Waals surface area contributed by atoms with Crippen LogP contribution in [-0.2, 0) is 4.79 Å². The number of benzene rings is 1. The van der Waals surface area contributed by atoms with Crippen molar-refractivity contribution < 1.29 is 4.79 Å². The fraction of sp³-hybridized carbons (Fsp3) is 0.417. The highest BCUT2D eigenvalue weighted by atomic mass is 35.5. The zero-order chi connectivity index (χ0) is 12.8. The van der Waals surface area contributed by atoms with Crippen molar-refractivity contribution in [3.05, 3.63) is 28.8 Å². The number of thioether (sulfide) groups is 1. The monoisotopic (exact) mass is 272 g/mol. The molecule has 94 valence electrons. The van der Waals surface area contributed by atoms with E-state index in [0.717, 1.165) is 17.0 Å². The maximum atomic E-state index is 11.8. The van der Waals surface area contributed by atoms with Gasteiger partial charge in [0.2, 0.25) is 5.91 Å². The molecular weight excluding hydrogens is 256 g/mol. The molecule has 3 nitrogen and oxygen atoms in total. The number of hydrogen-bond acceptors (Lipinski definition) is 3. The number of carbonyl (C=O) groups excluding carboxylic acids is 1. The maximum Gasteiger partial charge on any atom is 0.241 e. The van der Waals surface area contributed by atoms with Gasteiger partial charge in [0.1, 0.15) is 0 Å². The van der Waals surface area contributed by atoms with Gasteiger partial charge in [-0.2, -0.15) is 11.8 Å². The second kappa shape index (κ2) is 6.89. The Morgan fingerprint density at radius 1 is 1.59 bits per heavy atom. The summed E-state index contributed by atoms with van der Waals surface area (Å²) in [5.74, 6) is 0.716. The third kappa shape index (κ3) is 4.58. The van der Waals surface area contributed by atoms with Gasteiger partial charge in [0.25, 0.3) is 0 Å². The summed E-state index contributed by atoms with van der Waals surface area (Å²) in [7, 11) is 0. The molecule has 0 unspecified atom stereocenters. The van der Waals surface area contributed by atoms with Gasteiger partial charge in [-0.1, -0.05) is 17.7 Å². The van der Waals surface area contributed by atoms with E-state index in [1.165, 1.54) is 0 Å². The van der Waals surface area contributed by atoms with Crippen LogP contribution in [0.3, 0.4) is 0 Å². The molecule has 1 rings (SSSR count). The van der Waals surface area contributed by atoms with Crippen LogP contribution in [-0.4, -0.2) is 24.0 Å². The molecule has 0 bridgehead atoms. The van der Waals surface area contributed by atoms with Gasteiger partial charge in [-0.15, -0.1) is 0 Å². The average Bonchev–Trinajstić information content (AvgIpc) is 2.30. The standard InChI is InChI=1S/C12H17ClN2OS/c1-8-3-4-9(13)7-11(8)15-12(16)10(14)5-6-17-2/h3-4,7,10H,5-6,14H2,1-2H3,(H,15,16)/t10-/m1/s1. The molecule has 1 amide bonds. The van der Waals surface area contributed by atoms with Gasteiger partial charge in [0.15, 0.2) is 0 Å². The van der Waals surface area contributed by atoms with Crippen LogP contribution in [0.2, 0.25) is 5.02 Å². The van der Waals surface area contributed by atoms with E-state index in [2.05, 4.69) is 5.32 Å². The van der Waals surface area contributed by atoms with E-state index in [1.54, 1.807) is 23.9 Å². The van der Waals surface area contributed by atoms with Crippen LogP contribution in [0.15, 0.2) is 18.2 Å². The highest BCUT2D eigenvalue weighted by Gasteiger charge is 2.13. The second-order valence-electron chi connectivity index (χ2n) is 3.84. The number of rotatable bonds is 5. The predicted octanol–water partition coefficient (Wildman–Crippen LogP) is 2.67. The summed E-state index contributed by atoms with van der Waals surface area (Å²) >= 11 is 7.56. The molecular formula is C12H17ClN2OS. The number of nitrogens with one attached hydrogen (secondary N) is 1. The Bertz CT molecular complexity index is 398. The number of amides is 1. The Morgan fingerprint density at radius 3 is 2.94 bits per heavy atom. The molecule has 5 heteroatoms. The molecule has 0 aliphatic heterocycles. The van der Waals surface area contributed by atoms with Crippen LogP contribution in [0.25, 0.3) is 0 Å². The van der Waals surface area contributed by atoms with Crippen molar-refractivity contribution in [2.24, 2.45) is 5.73 Å². The van der Waals surface area contributed by atoms with Gasteiger partial charge in [-0.25, -0.2) is 0 Å². The predicted molar refractivity (Wildman–Crippen MR) is 75.8 cm³/mol. The summed E-state index contributed by atoms with van der Waals surface area (Å²) in [6.45, 7) is 1.92. The highest BCUT2D eigenvalue weighted by molar-refractivity contribution is 7.98. The first-order valence-corrected chi connectivity index (χ1v) is 7.13. The van der Waals surface area contributed by atoms with E-state index in [9.17, 15) is 4.79 Å². The van der Waals surface area contributed by atoms with Crippen LogP contribution in [0.4, 0.5) is 5.69 Å². The molecule has 17 heavy (non-hydrogen) atoms. The fourth-order valence-electron chi connectivity index (χ4n) is 1.33. The van der Waals surface area contributed by atoms with Crippen LogP contribution in [0, 0.1) is 6.92 Å². The topological polar surface area (TPSA) is 55.1 Å². The van der Waals surface area contributed by atoms with Gasteiger partial charge in [0, 0.05) is 10.7 Å². The lowest BCUT2D eigenvalue weighted by Crippen LogP contribution is -2.36. The lowest BCUT2D eigenvalue weighted by atomic mass is 10.1. The number of halogens is 1. The van der Waals surface area contributed by atoms with Gasteiger partial charge < -0.3 is 11.1 Å². The lowest BCUT2D eigenvalue weighted by molar-refractivity contribution is -0.117. The van der Waals surface area contributed by atoms with Gasteiger partial charge in [0.05, 0.1) is 6.04 Å². The van der Waals surface area contributed by atoms with Crippen molar-refractivity contribution in [1.82, 2.24) is 0 Å². The summed E-state index contributed by atoms with van der Waals surface area (Å²) < 4.78 is 0. The van der Waals surface area contributed by atoms with Crippen molar-refractivity contribution in [3.8, 4) is 0 Å². The quantitative estimate of drug-likeness (QED) is 0.866. The largest absolute Gasteiger partial charge is 0.324 e. The summed E-state index contributed by atoms with van der Waals surface area (Å²) in [4.78, 5) is 11.8. The second-order valence-corrected chi connectivity index (χ2v) is 5.26. The molecule has 0 spiro atoms. The van der Waals surface area contributed by atoms with Crippen molar-refractivity contribution in [2.45, 2.75) is 19.4 Å². The molecule has 1 aromatic carbocycles. The van der Waals surface area contributed by atoms with Crippen molar-refractivity contribution >= 4 is 35.0 Å². The fourth-order valence-corrected chi connectivity index (χ4v) is 1.99. The SMILES string of the molecule is CSCC[C@@H](N)C(=O)Nc1cc(Cl)ccc1C. The molecule has 0 saturated heterocycles. The van der Waals surface area contributed by atoms with E-state index < -0.39 is 6.04 Å². The molecule has 0 radical (unpaired) electrons. The first-order chi connectivity index (χ1) is 8.04. The molecule has 3 N–H and O–H groups in total. The van der Waals surface area contributed by atoms with Gasteiger partial charge in [-0.3, -0.25) is 4.79 Å². The first kappa shape index (κ1) is 14.4. The summed E-state index contributed by atoms with van der Waals surface area (Å²) in [6.07, 6.45) is 2.67. The third-order valence-corrected chi connectivity index (χ3v) is 3.31. The molecule has 0 aliphatic carbocycles. The Kier molecular flexibility index (Phi) is 5.82. The lowest BCUT2D eigenvalue weighted by Gasteiger charge is -2.13. The van der Waals surface area contributed by atoms with E-state index >= 15 is 0 Å². The van der Waals surface area contributed by atoms with Crippen LogP contribution >= 0.6 is 23.4 Å². The molecule has 0 heterocycles. The Labute approximate surface area is 111 Å². The molecule has 1 atom stereocenters. The zero-order valence-electron chi connectivity index (χ0n) is 10.00. The maximum absolute atomic E-state index is 11.8. The highest BCUT2D eigenvalue weighted by Crippen LogP contribution is 2.20. The third-order valence-electron chi connectivity index (χ3n) is 2.43. The first-order valence-electron chi connectivity index (χ1n) is 5.36. The van der Waals surface area contributed by atoms with Gasteiger partial charge >= 0.3 is 0 Å². The Balaban J connectivity index is 2.64. The van der Waals surface area contributed by atoms with Crippen molar-refractivity contribution in [1.29, 1.82) is 0 Å². The minimum atomic E-state index is -0.471. The number of nitrogens with two attached hydrogens (primary N) is 1. The average molecular weight is 273 g/mol. The molecule has 0 saturated carbocycles. The smallest absolute Gasteiger partial charge is 0.241 e. The number of hydrogen-bond donors (Lipinski definition) is 2. The number of anilines is 1. The molecule has 0 fully saturated rings. The van der Waals surface area contributed by atoms with E-state index in [1.807, 2.05) is 19.2 Å². The summed E-state index contributed by atoms with van der Waals surface area (Å²) in [6, 6.07) is 4.92. The van der Waals surface area contributed by atoms with E-state index in [0.29, 0.717) is 11.4 Å². The molecule has 1 aromatic rings. The van der Waals surface area contributed by atoms with Crippen LogP contribution in [0.5, 0.6) is 0 Å². The van der Waals surface area contributed by atoms with E-state index in [-0.39, 0.29) is 5.91 Å².